The number of rotatable bonds is 2. The minimum Gasteiger partial charge on any atom is -0.316 e. The Morgan fingerprint density at radius 1 is 1.22 bits per heavy atom. The predicted molar refractivity (Wildman–Crippen MR) is 76.6 cm³/mol. The van der Waals surface area contributed by atoms with Crippen LogP contribution in [0.25, 0.3) is 0 Å². The van der Waals surface area contributed by atoms with E-state index in [1.165, 1.54) is 50.8 Å². The largest absolute Gasteiger partial charge is 0.316 e. The molecule has 3 unspecified atom stereocenters. The molecule has 18 heavy (non-hydrogen) atoms. The van der Waals surface area contributed by atoms with Crippen LogP contribution in [0.3, 0.4) is 0 Å². The Morgan fingerprint density at radius 3 is 2.78 bits per heavy atom. The fourth-order valence-corrected chi connectivity index (χ4v) is 4.25. The summed E-state index contributed by atoms with van der Waals surface area (Å²) in [5, 5.41) is 3.62. The molecule has 1 saturated heterocycles. The number of benzene rings is 1. The maximum atomic E-state index is 3.62. The van der Waals surface area contributed by atoms with Crippen molar-refractivity contribution in [3.8, 4) is 0 Å². The van der Waals surface area contributed by atoms with Crippen molar-refractivity contribution in [3.05, 3.63) is 35.9 Å². The van der Waals surface area contributed by atoms with Crippen LogP contribution in [0.1, 0.15) is 38.2 Å². The third-order valence-corrected chi connectivity index (χ3v) is 5.27. The van der Waals surface area contributed by atoms with Crippen molar-refractivity contribution >= 4 is 0 Å². The van der Waals surface area contributed by atoms with Crippen molar-refractivity contribution in [3.63, 3.8) is 0 Å². The van der Waals surface area contributed by atoms with Crippen molar-refractivity contribution in [2.45, 2.75) is 39.0 Å². The maximum absolute atomic E-state index is 3.62. The van der Waals surface area contributed by atoms with Gasteiger partial charge in [-0.05, 0) is 61.6 Å². The van der Waals surface area contributed by atoms with E-state index in [1.54, 1.807) is 0 Å². The van der Waals surface area contributed by atoms with Crippen LogP contribution in [0.4, 0.5) is 0 Å². The third kappa shape index (κ3) is 2.33. The first-order chi connectivity index (χ1) is 8.78. The van der Waals surface area contributed by atoms with Crippen molar-refractivity contribution in [2.75, 3.05) is 13.1 Å². The molecule has 2 aliphatic rings. The molecule has 1 saturated carbocycles. The second-order valence-electron chi connectivity index (χ2n) is 6.55. The van der Waals surface area contributed by atoms with Gasteiger partial charge in [0.2, 0.25) is 0 Å². The van der Waals surface area contributed by atoms with Gasteiger partial charge in [0.25, 0.3) is 0 Å². The summed E-state index contributed by atoms with van der Waals surface area (Å²) in [6, 6.07) is 11.1. The highest BCUT2D eigenvalue weighted by Gasteiger charge is 2.44. The molecule has 3 rings (SSSR count). The molecule has 1 nitrogen and oxygen atoms in total. The topological polar surface area (TPSA) is 12.0 Å². The molecule has 1 aromatic carbocycles. The average Bonchev–Trinajstić information content (AvgIpc) is 2.76. The molecule has 1 aliphatic carbocycles. The number of hydrogen-bond acceptors (Lipinski definition) is 1. The molecule has 2 fully saturated rings. The molecule has 1 heteroatoms. The van der Waals surface area contributed by atoms with Gasteiger partial charge in [0.15, 0.2) is 0 Å². The molecule has 1 aromatic rings. The van der Waals surface area contributed by atoms with Crippen LogP contribution in [0.5, 0.6) is 0 Å². The molecule has 0 aromatic heterocycles. The van der Waals surface area contributed by atoms with Gasteiger partial charge >= 0.3 is 0 Å². The minimum absolute atomic E-state index is 0.653. The SMILES string of the molecule is CC1CCC2(CCNCC2Cc2ccccc2)C1. The molecule has 1 N–H and O–H groups in total. The van der Waals surface area contributed by atoms with Crippen LogP contribution in [-0.2, 0) is 6.42 Å². The fraction of sp³-hybridized carbons (Fsp3) is 0.647. The Hall–Kier alpha value is -0.820. The lowest BCUT2D eigenvalue weighted by molar-refractivity contribution is 0.110. The third-order valence-electron chi connectivity index (χ3n) is 5.27. The summed E-state index contributed by atoms with van der Waals surface area (Å²) in [5.74, 6) is 1.79. The van der Waals surface area contributed by atoms with Crippen molar-refractivity contribution in [1.29, 1.82) is 0 Å². The molecule has 0 bridgehead atoms. The van der Waals surface area contributed by atoms with E-state index in [0.717, 1.165) is 11.8 Å². The lowest BCUT2D eigenvalue weighted by atomic mass is 9.67. The van der Waals surface area contributed by atoms with Crippen LogP contribution in [0, 0.1) is 17.3 Å². The Bertz CT molecular complexity index is 382. The van der Waals surface area contributed by atoms with E-state index in [-0.39, 0.29) is 0 Å². The zero-order valence-corrected chi connectivity index (χ0v) is 11.5. The van der Waals surface area contributed by atoms with Gasteiger partial charge in [0.1, 0.15) is 0 Å². The molecule has 98 valence electrons. The van der Waals surface area contributed by atoms with E-state index in [1.807, 2.05) is 0 Å². The summed E-state index contributed by atoms with van der Waals surface area (Å²) in [5.41, 5.74) is 2.17. The van der Waals surface area contributed by atoms with Gasteiger partial charge in [-0.2, -0.15) is 0 Å². The van der Waals surface area contributed by atoms with E-state index in [0.29, 0.717) is 5.41 Å². The summed E-state index contributed by atoms with van der Waals surface area (Å²) in [7, 11) is 0. The monoisotopic (exact) mass is 243 g/mol. The number of nitrogens with one attached hydrogen (secondary N) is 1. The van der Waals surface area contributed by atoms with E-state index in [4.69, 9.17) is 0 Å². The zero-order chi connectivity index (χ0) is 12.4. The van der Waals surface area contributed by atoms with Gasteiger partial charge in [0, 0.05) is 0 Å². The quantitative estimate of drug-likeness (QED) is 0.836. The highest BCUT2D eigenvalue weighted by molar-refractivity contribution is 5.16. The first kappa shape index (κ1) is 12.2. The first-order valence-corrected chi connectivity index (χ1v) is 7.53. The minimum atomic E-state index is 0.653. The molecular formula is C17H25N. The van der Waals surface area contributed by atoms with Crippen molar-refractivity contribution in [2.24, 2.45) is 17.3 Å². The highest BCUT2D eigenvalue weighted by Crippen LogP contribution is 2.51. The van der Waals surface area contributed by atoms with Gasteiger partial charge in [-0.15, -0.1) is 0 Å². The molecular weight excluding hydrogens is 218 g/mol. The van der Waals surface area contributed by atoms with Gasteiger partial charge in [-0.1, -0.05) is 43.7 Å². The van der Waals surface area contributed by atoms with Gasteiger partial charge < -0.3 is 5.32 Å². The van der Waals surface area contributed by atoms with E-state index in [9.17, 15) is 0 Å². The zero-order valence-electron chi connectivity index (χ0n) is 11.5. The normalized spacial score (nSPS) is 36.1. The second-order valence-corrected chi connectivity index (χ2v) is 6.55. The summed E-state index contributed by atoms with van der Waals surface area (Å²) in [6.07, 6.45) is 7.04. The Balaban J connectivity index is 1.76. The highest BCUT2D eigenvalue weighted by atomic mass is 14.9. The molecule has 1 spiro atoms. The Labute approximate surface area is 111 Å². The molecule has 3 atom stereocenters. The molecule has 1 heterocycles. The van der Waals surface area contributed by atoms with Crippen LogP contribution in [-0.4, -0.2) is 13.1 Å². The number of hydrogen-bond donors (Lipinski definition) is 1. The second kappa shape index (κ2) is 5.05. The number of piperidine rings is 1. The van der Waals surface area contributed by atoms with Gasteiger partial charge in [-0.3, -0.25) is 0 Å². The Morgan fingerprint density at radius 2 is 2.06 bits per heavy atom. The average molecular weight is 243 g/mol. The maximum Gasteiger partial charge on any atom is -0.00120 e. The van der Waals surface area contributed by atoms with Crippen LogP contribution in [0.15, 0.2) is 30.3 Å². The summed E-state index contributed by atoms with van der Waals surface area (Å²) in [6.45, 7) is 4.90. The van der Waals surface area contributed by atoms with E-state index < -0.39 is 0 Å². The fourth-order valence-electron chi connectivity index (χ4n) is 4.25. The van der Waals surface area contributed by atoms with Crippen molar-refractivity contribution < 1.29 is 0 Å². The van der Waals surface area contributed by atoms with E-state index >= 15 is 0 Å². The van der Waals surface area contributed by atoms with Crippen LogP contribution < -0.4 is 5.32 Å². The smallest absolute Gasteiger partial charge is 0.00120 e. The van der Waals surface area contributed by atoms with E-state index in [2.05, 4.69) is 42.6 Å². The summed E-state index contributed by atoms with van der Waals surface area (Å²) >= 11 is 0. The van der Waals surface area contributed by atoms with Gasteiger partial charge in [-0.25, -0.2) is 0 Å². The van der Waals surface area contributed by atoms with Crippen molar-refractivity contribution in [1.82, 2.24) is 5.32 Å². The summed E-state index contributed by atoms with van der Waals surface area (Å²) < 4.78 is 0. The lowest BCUT2D eigenvalue weighted by Crippen LogP contribution is -2.44. The standard InChI is InChI=1S/C17H25N/c1-14-7-8-17(12-14)9-10-18-13-16(17)11-15-5-3-2-4-6-15/h2-6,14,16,18H,7-13H2,1H3. The molecule has 0 amide bonds. The van der Waals surface area contributed by atoms with Crippen LogP contribution in [0.2, 0.25) is 0 Å². The summed E-state index contributed by atoms with van der Waals surface area (Å²) in [4.78, 5) is 0. The van der Waals surface area contributed by atoms with Crippen LogP contribution >= 0.6 is 0 Å². The Kier molecular flexibility index (Phi) is 3.43. The lowest BCUT2D eigenvalue weighted by Gasteiger charge is -2.42. The first-order valence-electron chi connectivity index (χ1n) is 7.53. The molecule has 1 aliphatic heterocycles. The molecule has 0 radical (unpaired) electrons. The van der Waals surface area contributed by atoms with Gasteiger partial charge in [0.05, 0.1) is 0 Å². The predicted octanol–water partition coefficient (Wildman–Crippen LogP) is 3.65.